The summed E-state index contributed by atoms with van der Waals surface area (Å²) < 4.78 is 10.6. The third-order valence-corrected chi connectivity index (χ3v) is 3.92. The molecule has 108 valence electrons. The largest absolute Gasteiger partial charge is 0.385 e. The summed E-state index contributed by atoms with van der Waals surface area (Å²) in [5, 5.41) is 4.20. The molecule has 2 rings (SSSR count). The third kappa shape index (κ3) is 4.05. The molecule has 0 aromatic carbocycles. The highest BCUT2D eigenvalue weighted by atomic mass is 16.5. The molecule has 1 aliphatic rings. The van der Waals surface area contributed by atoms with Gasteiger partial charge in [-0.2, -0.15) is 0 Å². The molecule has 1 aromatic rings. The molecule has 1 fully saturated rings. The second kappa shape index (κ2) is 7.06. The maximum absolute atomic E-state index is 5.38. The Bertz CT molecular complexity index is 376. The van der Waals surface area contributed by atoms with Crippen molar-refractivity contribution in [2.45, 2.75) is 58.0 Å². The summed E-state index contributed by atoms with van der Waals surface area (Å²) in [7, 11) is 1.78. The normalized spacial score (nSPS) is 21.2. The fourth-order valence-corrected chi connectivity index (χ4v) is 2.73. The van der Waals surface area contributed by atoms with Gasteiger partial charge >= 0.3 is 0 Å². The Balaban J connectivity index is 1.94. The van der Waals surface area contributed by atoms with Crippen LogP contribution in [0.25, 0.3) is 0 Å². The standard InChI is InChI=1S/C15H26N2O2/c1-12(2)15-10-13(16-19-15)11-17-8-5-4-6-14(17)7-9-18-3/h10,12,14H,4-9,11H2,1-3H3/t14-/m0/s1. The minimum absolute atomic E-state index is 0.409. The topological polar surface area (TPSA) is 38.5 Å². The van der Waals surface area contributed by atoms with Gasteiger partial charge in [0.25, 0.3) is 0 Å². The van der Waals surface area contributed by atoms with Crippen molar-refractivity contribution in [2.75, 3.05) is 20.3 Å². The Morgan fingerprint density at radius 2 is 2.32 bits per heavy atom. The minimum Gasteiger partial charge on any atom is -0.385 e. The first-order valence-electron chi connectivity index (χ1n) is 7.39. The van der Waals surface area contributed by atoms with E-state index in [9.17, 15) is 0 Å². The number of rotatable bonds is 6. The zero-order valence-electron chi connectivity index (χ0n) is 12.4. The molecule has 0 amide bonds. The zero-order chi connectivity index (χ0) is 13.7. The number of methoxy groups -OCH3 is 1. The Labute approximate surface area is 116 Å². The van der Waals surface area contributed by atoms with Crippen LogP contribution in [0.15, 0.2) is 10.6 Å². The number of ether oxygens (including phenoxy) is 1. The Hall–Kier alpha value is -0.870. The molecular weight excluding hydrogens is 240 g/mol. The number of nitrogens with zero attached hydrogens (tertiary/aromatic N) is 2. The highest BCUT2D eigenvalue weighted by molar-refractivity contribution is 5.08. The maximum atomic E-state index is 5.38. The van der Waals surface area contributed by atoms with E-state index in [4.69, 9.17) is 9.26 Å². The van der Waals surface area contributed by atoms with Gasteiger partial charge in [-0.05, 0) is 25.8 Å². The molecule has 0 aliphatic carbocycles. The summed E-state index contributed by atoms with van der Waals surface area (Å²) >= 11 is 0. The lowest BCUT2D eigenvalue weighted by atomic mass is 9.99. The SMILES string of the molecule is COCC[C@@H]1CCCCN1Cc1cc(C(C)C)on1. The van der Waals surface area contributed by atoms with Crippen molar-refractivity contribution >= 4 is 0 Å². The minimum atomic E-state index is 0.409. The van der Waals surface area contributed by atoms with Crippen LogP contribution in [0, 0.1) is 0 Å². The molecule has 0 bridgehead atoms. The summed E-state index contributed by atoms with van der Waals surface area (Å²) in [6.45, 7) is 7.18. The summed E-state index contributed by atoms with van der Waals surface area (Å²) in [5.74, 6) is 1.40. The Morgan fingerprint density at radius 1 is 1.47 bits per heavy atom. The van der Waals surface area contributed by atoms with E-state index in [2.05, 4.69) is 30.0 Å². The highest BCUT2D eigenvalue weighted by Crippen LogP contribution is 2.23. The molecule has 1 aromatic heterocycles. The third-order valence-electron chi connectivity index (χ3n) is 3.92. The maximum Gasteiger partial charge on any atom is 0.139 e. The number of likely N-dealkylation sites (tertiary alicyclic amines) is 1. The van der Waals surface area contributed by atoms with Crippen molar-refractivity contribution in [1.82, 2.24) is 10.1 Å². The van der Waals surface area contributed by atoms with Gasteiger partial charge in [0.1, 0.15) is 5.76 Å². The van der Waals surface area contributed by atoms with E-state index in [1.165, 1.54) is 19.3 Å². The van der Waals surface area contributed by atoms with Gasteiger partial charge < -0.3 is 9.26 Å². The second-order valence-corrected chi connectivity index (χ2v) is 5.78. The predicted octanol–water partition coefficient (Wildman–Crippen LogP) is 3.19. The summed E-state index contributed by atoms with van der Waals surface area (Å²) in [5.41, 5.74) is 1.06. The number of hydrogen-bond acceptors (Lipinski definition) is 4. The fraction of sp³-hybridized carbons (Fsp3) is 0.800. The predicted molar refractivity (Wildman–Crippen MR) is 75.1 cm³/mol. The van der Waals surface area contributed by atoms with Crippen molar-refractivity contribution in [2.24, 2.45) is 0 Å². The second-order valence-electron chi connectivity index (χ2n) is 5.78. The highest BCUT2D eigenvalue weighted by Gasteiger charge is 2.23. The zero-order valence-corrected chi connectivity index (χ0v) is 12.4. The van der Waals surface area contributed by atoms with Gasteiger partial charge in [0.15, 0.2) is 0 Å². The Morgan fingerprint density at radius 3 is 3.00 bits per heavy atom. The molecule has 2 heterocycles. The molecule has 0 N–H and O–H groups in total. The molecule has 4 heteroatoms. The number of piperidine rings is 1. The first-order chi connectivity index (χ1) is 9.20. The van der Waals surface area contributed by atoms with Crippen molar-refractivity contribution < 1.29 is 9.26 Å². The van der Waals surface area contributed by atoms with E-state index in [0.717, 1.165) is 37.6 Å². The van der Waals surface area contributed by atoms with Crippen LogP contribution in [0.1, 0.15) is 56.9 Å². The lowest BCUT2D eigenvalue weighted by molar-refractivity contribution is 0.0954. The summed E-state index contributed by atoms with van der Waals surface area (Å²) in [6.07, 6.45) is 5.02. The lowest BCUT2D eigenvalue weighted by Crippen LogP contribution is -2.39. The van der Waals surface area contributed by atoms with Gasteiger partial charge in [0.2, 0.25) is 0 Å². The van der Waals surface area contributed by atoms with Crippen LogP contribution < -0.4 is 0 Å². The van der Waals surface area contributed by atoms with Crippen molar-refractivity contribution in [3.63, 3.8) is 0 Å². The monoisotopic (exact) mass is 266 g/mol. The van der Waals surface area contributed by atoms with E-state index in [1.807, 2.05) is 0 Å². The van der Waals surface area contributed by atoms with Crippen molar-refractivity contribution in [1.29, 1.82) is 0 Å². The molecule has 0 radical (unpaired) electrons. The van der Waals surface area contributed by atoms with Crippen molar-refractivity contribution in [3.05, 3.63) is 17.5 Å². The van der Waals surface area contributed by atoms with E-state index < -0.39 is 0 Å². The molecule has 0 spiro atoms. The van der Waals surface area contributed by atoms with Crippen LogP contribution in [0.4, 0.5) is 0 Å². The number of hydrogen-bond donors (Lipinski definition) is 0. The van der Waals surface area contributed by atoms with Gasteiger partial charge in [-0.25, -0.2) is 0 Å². The molecular formula is C15H26N2O2. The smallest absolute Gasteiger partial charge is 0.139 e. The lowest BCUT2D eigenvalue weighted by Gasteiger charge is -2.35. The molecule has 0 saturated carbocycles. The quantitative estimate of drug-likeness (QED) is 0.792. The first-order valence-corrected chi connectivity index (χ1v) is 7.39. The van der Waals surface area contributed by atoms with Crippen LogP contribution >= 0.6 is 0 Å². The van der Waals surface area contributed by atoms with Crippen LogP contribution in [0.3, 0.4) is 0 Å². The van der Waals surface area contributed by atoms with Crippen LogP contribution in [0.5, 0.6) is 0 Å². The molecule has 1 atom stereocenters. The van der Waals surface area contributed by atoms with Gasteiger partial charge in [0, 0.05) is 38.3 Å². The van der Waals surface area contributed by atoms with Gasteiger partial charge in [-0.1, -0.05) is 25.4 Å². The van der Waals surface area contributed by atoms with Crippen LogP contribution in [-0.4, -0.2) is 36.4 Å². The van der Waals surface area contributed by atoms with Gasteiger partial charge in [0.05, 0.1) is 5.69 Å². The van der Waals surface area contributed by atoms with E-state index >= 15 is 0 Å². The first kappa shape index (κ1) is 14.5. The molecule has 0 unspecified atom stereocenters. The van der Waals surface area contributed by atoms with E-state index in [0.29, 0.717) is 12.0 Å². The molecule has 1 aliphatic heterocycles. The number of aromatic nitrogens is 1. The van der Waals surface area contributed by atoms with E-state index in [-0.39, 0.29) is 0 Å². The summed E-state index contributed by atoms with van der Waals surface area (Å²) in [4.78, 5) is 2.53. The Kier molecular flexibility index (Phi) is 5.40. The van der Waals surface area contributed by atoms with Crippen LogP contribution in [-0.2, 0) is 11.3 Å². The van der Waals surface area contributed by atoms with Gasteiger partial charge in [-0.15, -0.1) is 0 Å². The van der Waals surface area contributed by atoms with E-state index in [1.54, 1.807) is 7.11 Å². The summed E-state index contributed by atoms with van der Waals surface area (Å²) in [6, 6.07) is 2.74. The average Bonchev–Trinajstić information content (AvgIpc) is 2.86. The fourth-order valence-electron chi connectivity index (χ4n) is 2.73. The van der Waals surface area contributed by atoms with Gasteiger partial charge in [-0.3, -0.25) is 4.90 Å². The van der Waals surface area contributed by atoms with Crippen molar-refractivity contribution in [3.8, 4) is 0 Å². The molecule has 4 nitrogen and oxygen atoms in total. The average molecular weight is 266 g/mol. The molecule has 19 heavy (non-hydrogen) atoms. The van der Waals surface area contributed by atoms with Crippen LogP contribution in [0.2, 0.25) is 0 Å². The molecule has 1 saturated heterocycles.